The molecule has 0 saturated heterocycles. The fraction of sp³-hybridized carbons (Fsp3) is 0.455. The minimum absolute atomic E-state index is 0.330. The zero-order valence-corrected chi connectivity index (χ0v) is 10.0. The maximum atomic E-state index is 9.33. The molecule has 3 heteroatoms. The van der Waals surface area contributed by atoms with Gasteiger partial charge in [-0.25, -0.2) is 0 Å². The first-order chi connectivity index (χ1) is 6.65. The first-order valence-corrected chi connectivity index (χ1v) is 5.70. The number of hydrogen-bond acceptors (Lipinski definition) is 2. The molecule has 0 unspecified atom stereocenters. The van der Waals surface area contributed by atoms with Crippen LogP contribution in [0.15, 0.2) is 18.2 Å². The lowest BCUT2D eigenvalue weighted by atomic mass is 10.1. The molecular weight excluding hydrogens is 244 g/mol. The van der Waals surface area contributed by atoms with E-state index in [-0.39, 0.29) is 0 Å². The van der Waals surface area contributed by atoms with E-state index in [0.717, 1.165) is 16.9 Å². The molecule has 1 aromatic carbocycles. The van der Waals surface area contributed by atoms with Gasteiger partial charge in [-0.3, -0.25) is 0 Å². The maximum absolute atomic E-state index is 9.33. The van der Waals surface area contributed by atoms with Crippen LogP contribution in [-0.4, -0.2) is 23.1 Å². The molecule has 0 aliphatic heterocycles. The molecule has 0 amide bonds. The van der Waals surface area contributed by atoms with Gasteiger partial charge in [0.1, 0.15) is 12.4 Å². The third-order valence-corrected chi connectivity index (χ3v) is 2.75. The zero-order valence-electron chi connectivity index (χ0n) is 8.46. The molecule has 78 valence electrons. The Bertz CT molecular complexity index is 279. The number of ether oxygens (including phenoxy) is 1. The predicted octanol–water partition coefficient (Wildman–Crippen LogP) is 2.44. The summed E-state index contributed by atoms with van der Waals surface area (Å²) in [5, 5.41) is 9.87. The van der Waals surface area contributed by atoms with Crippen molar-refractivity contribution in [3.05, 3.63) is 29.3 Å². The van der Waals surface area contributed by atoms with Crippen LogP contribution in [0, 0.1) is 13.8 Å². The summed E-state index contributed by atoms with van der Waals surface area (Å²) in [7, 11) is 0. The molecule has 1 aromatic rings. The summed E-state index contributed by atoms with van der Waals surface area (Å²) in [6, 6.07) is 6.00. The van der Waals surface area contributed by atoms with Crippen molar-refractivity contribution in [2.24, 2.45) is 0 Å². The second-order valence-corrected chi connectivity index (χ2v) is 3.99. The van der Waals surface area contributed by atoms with Crippen LogP contribution >= 0.6 is 15.9 Å². The maximum Gasteiger partial charge on any atom is 0.125 e. The lowest BCUT2D eigenvalue weighted by molar-refractivity contribution is 0.126. The van der Waals surface area contributed by atoms with Crippen molar-refractivity contribution in [2.75, 3.05) is 11.9 Å². The van der Waals surface area contributed by atoms with Gasteiger partial charge in [-0.05, 0) is 25.0 Å². The molecule has 2 nitrogen and oxygen atoms in total. The van der Waals surface area contributed by atoms with E-state index in [2.05, 4.69) is 15.9 Å². The number of aryl methyl sites for hydroxylation is 2. The molecule has 0 radical (unpaired) electrons. The third-order valence-electron chi connectivity index (χ3n) is 2.01. The predicted molar refractivity (Wildman–Crippen MR) is 61.2 cm³/mol. The number of alkyl halides is 1. The molecule has 0 aliphatic rings. The highest BCUT2D eigenvalue weighted by Gasteiger charge is 2.06. The van der Waals surface area contributed by atoms with Gasteiger partial charge in [0.15, 0.2) is 0 Å². The van der Waals surface area contributed by atoms with Crippen molar-refractivity contribution in [1.29, 1.82) is 0 Å². The Kier molecular flexibility index (Phi) is 4.42. The number of halogens is 1. The van der Waals surface area contributed by atoms with Gasteiger partial charge in [-0.2, -0.15) is 0 Å². The molecule has 0 spiro atoms. The lowest BCUT2D eigenvalue weighted by Gasteiger charge is -2.13. The monoisotopic (exact) mass is 258 g/mol. The Labute approximate surface area is 93.0 Å². The van der Waals surface area contributed by atoms with E-state index < -0.39 is 6.10 Å². The lowest BCUT2D eigenvalue weighted by Crippen LogP contribution is -2.19. The highest BCUT2D eigenvalue weighted by Crippen LogP contribution is 2.22. The Morgan fingerprint density at radius 2 is 1.93 bits per heavy atom. The van der Waals surface area contributed by atoms with E-state index in [4.69, 9.17) is 4.74 Å². The molecule has 0 saturated carbocycles. The Balaban J connectivity index is 2.66. The van der Waals surface area contributed by atoms with Crippen molar-refractivity contribution in [3.63, 3.8) is 0 Å². The zero-order chi connectivity index (χ0) is 10.6. The van der Waals surface area contributed by atoms with Crippen LogP contribution in [0.4, 0.5) is 0 Å². The molecule has 14 heavy (non-hydrogen) atoms. The highest BCUT2D eigenvalue weighted by molar-refractivity contribution is 9.09. The second-order valence-electron chi connectivity index (χ2n) is 3.34. The topological polar surface area (TPSA) is 29.5 Å². The first kappa shape index (κ1) is 11.5. The van der Waals surface area contributed by atoms with E-state index in [1.54, 1.807) is 0 Å². The van der Waals surface area contributed by atoms with Crippen LogP contribution in [0.25, 0.3) is 0 Å². The Morgan fingerprint density at radius 1 is 1.36 bits per heavy atom. The molecule has 1 rings (SSSR count). The standard InChI is InChI=1S/C11H15BrO2/c1-8-4-3-5-9(2)11(8)14-7-10(13)6-12/h3-5,10,13H,6-7H2,1-2H3/t10-/m1/s1. The number of aliphatic hydroxyl groups is 1. The molecular formula is C11H15BrO2. The van der Waals surface area contributed by atoms with Gasteiger partial charge in [0.2, 0.25) is 0 Å². The molecule has 0 aliphatic carbocycles. The van der Waals surface area contributed by atoms with Gasteiger partial charge >= 0.3 is 0 Å². The van der Waals surface area contributed by atoms with Gasteiger partial charge < -0.3 is 9.84 Å². The summed E-state index contributed by atoms with van der Waals surface area (Å²) in [4.78, 5) is 0. The minimum atomic E-state index is -0.450. The Morgan fingerprint density at radius 3 is 2.43 bits per heavy atom. The van der Waals surface area contributed by atoms with Gasteiger partial charge in [0.25, 0.3) is 0 Å². The van der Waals surface area contributed by atoms with Crippen LogP contribution in [-0.2, 0) is 0 Å². The largest absolute Gasteiger partial charge is 0.490 e. The van der Waals surface area contributed by atoms with Gasteiger partial charge in [-0.1, -0.05) is 34.1 Å². The number of rotatable bonds is 4. The summed E-state index contributed by atoms with van der Waals surface area (Å²) in [6.45, 7) is 4.34. The van der Waals surface area contributed by atoms with Crippen molar-refractivity contribution in [1.82, 2.24) is 0 Å². The van der Waals surface area contributed by atoms with E-state index in [9.17, 15) is 5.11 Å². The van der Waals surface area contributed by atoms with Crippen molar-refractivity contribution < 1.29 is 9.84 Å². The molecule has 0 aromatic heterocycles. The average molecular weight is 259 g/mol. The van der Waals surface area contributed by atoms with Gasteiger partial charge in [-0.15, -0.1) is 0 Å². The fourth-order valence-corrected chi connectivity index (χ4v) is 1.44. The van der Waals surface area contributed by atoms with E-state index in [1.807, 2.05) is 32.0 Å². The average Bonchev–Trinajstić information content (AvgIpc) is 2.16. The number of benzene rings is 1. The SMILES string of the molecule is Cc1cccc(C)c1OC[C@H](O)CBr. The van der Waals surface area contributed by atoms with Crippen LogP contribution in [0.5, 0.6) is 5.75 Å². The normalized spacial score (nSPS) is 12.6. The van der Waals surface area contributed by atoms with Crippen LogP contribution in [0.1, 0.15) is 11.1 Å². The second kappa shape index (κ2) is 5.37. The first-order valence-electron chi connectivity index (χ1n) is 4.58. The van der Waals surface area contributed by atoms with Crippen LogP contribution in [0.2, 0.25) is 0 Å². The molecule has 0 bridgehead atoms. The van der Waals surface area contributed by atoms with Crippen LogP contribution < -0.4 is 4.74 Å². The number of hydrogen-bond donors (Lipinski definition) is 1. The fourth-order valence-electron chi connectivity index (χ4n) is 1.25. The van der Waals surface area contributed by atoms with Crippen molar-refractivity contribution in [2.45, 2.75) is 20.0 Å². The van der Waals surface area contributed by atoms with E-state index >= 15 is 0 Å². The van der Waals surface area contributed by atoms with Crippen molar-refractivity contribution in [3.8, 4) is 5.75 Å². The smallest absolute Gasteiger partial charge is 0.125 e. The van der Waals surface area contributed by atoms with Gasteiger partial charge in [0, 0.05) is 5.33 Å². The molecule has 1 N–H and O–H groups in total. The van der Waals surface area contributed by atoms with Gasteiger partial charge in [0.05, 0.1) is 6.10 Å². The molecule has 0 fully saturated rings. The van der Waals surface area contributed by atoms with E-state index in [0.29, 0.717) is 11.9 Å². The number of para-hydroxylation sites is 1. The number of aliphatic hydroxyl groups excluding tert-OH is 1. The molecule has 1 atom stereocenters. The quantitative estimate of drug-likeness (QED) is 0.841. The minimum Gasteiger partial charge on any atom is -0.490 e. The summed E-state index contributed by atoms with van der Waals surface area (Å²) in [5.74, 6) is 0.882. The van der Waals surface area contributed by atoms with Crippen LogP contribution in [0.3, 0.4) is 0 Å². The molecule has 0 heterocycles. The summed E-state index contributed by atoms with van der Waals surface area (Å²) in [5.41, 5.74) is 2.21. The van der Waals surface area contributed by atoms with E-state index in [1.165, 1.54) is 0 Å². The summed E-state index contributed by atoms with van der Waals surface area (Å²) in [6.07, 6.45) is -0.450. The third kappa shape index (κ3) is 3.00. The Hall–Kier alpha value is -0.540. The summed E-state index contributed by atoms with van der Waals surface area (Å²) >= 11 is 3.20. The highest BCUT2D eigenvalue weighted by atomic mass is 79.9. The summed E-state index contributed by atoms with van der Waals surface area (Å²) < 4.78 is 5.54. The van der Waals surface area contributed by atoms with Crippen molar-refractivity contribution >= 4 is 15.9 Å².